The Kier molecular flexibility index (Phi) is 7.21. The molecule has 120 valence electrons. The minimum Gasteiger partial charge on any atom is -0.359 e. The highest BCUT2D eigenvalue weighted by atomic mass is 32.2. The normalized spacial score (nSPS) is 12.5. The number of hydrogen-bond donors (Lipinski definition) is 1. The van der Waals surface area contributed by atoms with Gasteiger partial charge >= 0.3 is 6.18 Å². The molecule has 0 aliphatic heterocycles. The molecular formula is C14H15F3N2O2S. The average molecular weight is 332 g/mol. The number of para-hydroxylation sites is 1. The second-order valence-electron chi connectivity index (χ2n) is 4.31. The van der Waals surface area contributed by atoms with Gasteiger partial charge in [-0.2, -0.15) is 18.4 Å². The number of nitrogens with zero attached hydrogens (tertiary/aromatic N) is 1. The van der Waals surface area contributed by atoms with Crippen LogP contribution < -0.4 is 5.32 Å². The first kappa shape index (κ1) is 18.3. The minimum atomic E-state index is -4.47. The number of nitriles is 1. The highest BCUT2D eigenvalue weighted by Gasteiger charge is 2.30. The Morgan fingerprint density at radius 3 is 2.77 bits per heavy atom. The summed E-state index contributed by atoms with van der Waals surface area (Å²) in [7, 11) is 0. The molecule has 1 unspecified atom stereocenters. The van der Waals surface area contributed by atoms with Crippen molar-refractivity contribution in [1.29, 1.82) is 5.26 Å². The molecule has 0 fully saturated rings. The van der Waals surface area contributed by atoms with E-state index in [0.717, 1.165) is 4.90 Å². The van der Waals surface area contributed by atoms with Crippen molar-refractivity contribution in [2.24, 2.45) is 0 Å². The number of benzene rings is 1. The third-order valence-corrected chi connectivity index (χ3v) is 3.56. The standard InChI is InChI=1S/C14H15F3N2O2S/c1-10(21-9-14(15,16)17)13(20)19-11-5-2-3-6-12(11)22-8-4-7-18/h2-3,5-6,10H,4,8-9H2,1H3,(H,19,20). The molecule has 0 spiro atoms. The summed E-state index contributed by atoms with van der Waals surface area (Å²) in [6, 6.07) is 8.89. The van der Waals surface area contributed by atoms with Crippen molar-refractivity contribution in [2.75, 3.05) is 17.7 Å². The third-order valence-electron chi connectivity index (χ3n) is 2.48. The van der Waals surface area contributed by atoms with E-state index in [1.54, 1.807) is 24.3 Å². The summed E-state index contributed by atoms with van der Waals surface area (Å²) in [5, 5.41) is 11.1. The maximum Gasteiger partial charge on any atom is 0.411 e. The van der Waals surface area contributed by atoms with E-state index in [1.807, 2.05) is 6.07 Å². The first-order valence-electron chi connectivity index (χ1n) is 6.41. The van der Waals surface area contributed by atoms with E-state index in [9.17, 15) is 18.0 Å². The highest BCUT2D eigenvalue weighted by Crippen LogP contribution is 2.27. The fraction of sp³-hybridized carbons (Fsp3) is 0.429. The van der Waals surface area contributed by atoms with Gasteiger partial charge in [-0.3, -0.25) is 4.79 Å². The molecule has 0 aliphatic rings. The van der Waals surface area contributed by atoms with E-state index in [4.69, 9.17) is 5.26 Å². The number of nitrogens with one attached hydrogen (secondary N) is 1. The Bertz CT molecular complexity index is 544. The molecule has 1 atom stereocenters. The van der Waals surface area contributed by atoms with Crippen LogP contribution in [-0.4, -0.2) is 30.5 Å². The van der Waals surface area contributed by atoms with Crippen LogP contribution >= 0.6 is 11.8 Å². The first-order valence-corrected chi connectivity index (χ1v) is 7.40. The predicted molar refractivity (Wildman–Crippen MR) is 77.5 cm³/mol. The SMILES string of the molecule is CC(OCC(F)(F)F)C(=O)Nc1ccccc1SCCC#N. The van der Waals surface area contributed by atoms with Crippen molar-refractivity contribution in [1.82, 2.24) is 0 Å². The average Bonchev–Trinajstić information content (AvgIpc) is 2.46. The molecule has 1 aromatic carbocycles. The molecule has 0 radical (unpaired) electrons. The monoisotopic (exact) mass is 332 g/mol. The highest BCUT2D eigenvalue weighted by molar-refractivity contribution is 7.99. The van der Waals surface area contributed by atoms with Crippen molar-refractivity contribution in [3.63, 3.8) is 0 Å². The Labute approximate surface area is 130 Å². The van der Waals surface area contributed by atoms with Gasteiger partial charge in [-0.25, -0.2) is 0 Å². The number of anilines is 1. The van der Waals surface area contributed by atoms with E-state index >= 15 is 0 Å². The third kappa shape index (κ3) is 6.83. The Hall–Kier alpha value is -1.72. The molecule has 0 aromatic heterocycles. The number of halogens is 3. The number of carbonyl (C=O) groups is 1. The molecule has 0 saturated heterocycles. The van der Waals surface area contributed by atoms with Gasteiger partial charge < -0.3 is 10.1 Å². The molecule has 1 aromatic rings. The van der Waals surface area contributed by atoms with E-state index in [0.29, 0.717) is 17.9 Å². The van der Waals surface area contributed by atoms with Crippen molar-refractivity contribution < 1.29 is 22.7 Å². The van der Waals surface area contributed by atoms with Gasteiger partial charge in [0.2, 0.25) is 0 Å². The molecule has 0 bridgehead atoms. The molecule has 22 heavy (non-hydrogen) atoms. The van der Waals surface area contributed by atoms with Crippen molar-refractivity contribution in [3.8, 4) is 6.07 Å². The van der Waals surface area contributed by atoms with Gasteiger partial charge in [0.15, 0.2) is 0 Å². The summed E-state index contributed by atoms with van der Waals surface area (Å²) in [5.41, 5.74) is 0.484. The quantitative estimate of drug-likeness (QED) is 0.612. The molecule has 1 N–H and O–H groups in total. The van der Waals surface area contributed by atoms with E-state index in [-0.39, 0.29) is 0 Å². The van der Waals surface area contributed by atoms with Gasteiger partial charge in [-0.1, -0.05) is 12.1 Å². The van der Waals surface area contributed by atoms with Gasteiger partial charge in [0, 0.05) is 17.1 Å². The van der Waals surface area contributed by atoms with Crippen molar-refractivity contribution in [3.05, 3.63) is 24.3 Å². The smallest absolute Gasteiger partial charge is 0.359 e. The Balaban J connectivity index is 2.62. The number of carbonyl (C=O) groups excluding carboxylic acids is 1. The van der Waals surface area contributed by atoms with E-state index in [1.165, 1.54) is 18.7 Å². The molecule has 0 heterocycles. The number of thioether (sulfide) groups is 1. The predicted octanol–water partition coefficient (Wildman–Crippen LogP) is 3.60. The van der Waals surface area contributed by atoms with Crippen LogP contribution in [0.3, 0.4) is 0 Å². The number of hydrogen-bond acceptors (Lipinski definition) is 4. The van der Waals surface area contributed by atoms with Crippen LogP contribution in [0.25, 0.3) is 0 Å². The Morgan fingerprint density at radius 1 is 1.45 bits per heavy atom. The van der Waals surface area contributed by atoms with Gasteiger partial charge in [-0.15, -0.1) is 11.8 Å². The minimum absolute atomic E-state index is 0.359. The zero-order valence-electron chi connectivity index (χ0n) is 11.8. The number of amides is 1. The zero-order chi connectivity index (χ0) is 16.6. The van der Waals surface area contributed by atoms with Gasteiger partial charge in [0.25, 0.3) is 5.91 Å². The van der Waals surface area contributed by atoms with Crippen LogP contribution in [0.2, 0.25) is 0 Å². The maximum absolute atomic E-state index is 12.1. The second kappa shape index (κ2) is 8.66. The summed E-state index contributed by atoms with van der Waals surface area (Å²) >= 11 is 1.38. The lowest BCUT2D eigenvalue weighted by atomic mass is 10.3. The lowest BCUT2D eigenvalue weighted by molar-refractivity contribution is -0.184. The topological polar surface area (TPSA) is 62.1 Å². The summed E-state index contributed by atoms with van der Waals surface area (Å²) in [5.74, 6) is -0.0960. The molecule has 0 saturated carbocycles. The molecule has 1 rings (SSSR count). The van der Waals surface area contributed by atoms with Gasteiger partial charge in [0.05, 0.1) is 11.8 Å². The molecule has 4 nitrogen and oxygen atoms in total. The second-order valence-corrected chi connectivity index (χ2v) is 5.45. The molecule has 0 aliphatic carbocycles. The Morgan fingerprint density at radius 2 is 2.14 bits per heavy atom. The maximum atomic E-state index is 12.1. The molecule has 8 heteroatoms. The van der Waals surface area contributed by atoms with Crippen LogP contribution in [0, 0.1) is 11.3 Å². The lowest BCUT2D eigenvalue weighted by Gasteiger charge is -2.16. The van der Waals surface area contributed by atoms with E-state index in [2.05, 4.69) is 10.1 Å². The van der Waals surface area contributed by atoms with Gasteiger partial charge in [-0.05, 0) is 19.1 Å². The summed E-state index contributed by atoms with van der Waals surface area (Å²) in [6.07, 6.45) is -5.34. The first-order chi connectivity index (χ1) is 10.3. The van der Waals surface area contributed by atoms with Crippen LogP contribution in [0.15, 0.2) is 29.2 Å². The zero-order valence-corrected chi connectivity index (χ0v) is 12.6. The van der Waals surface area contributed by atoms with Crippen molar-refractivity contribution >= 4 is 23.4 Å². The summed E-state index contributed by atoms with van der Waals surface area (Å²) in [4.78, 5) is 12.6. The van der Waals surface area contributed by atoms with Crippen LogP contribution in [0.4, 0.5) is 18.9 Å². The van der Waals surface area contributed by atoms with Crippen molar-refractivity contribution in [2.45, 2.75) is 30.5 Å². The van der Waals surface area contributed by atoms with Crippen LogP contribution in [0.5, 0.6) is 0 Å². The molecule has 1 amide bonds. The van der Waals surface area contributed by atoms with Crippen LogP contribution in [0.1, 0.15) is 13.3 Å². The number of ether oxygens (including phenoxy) is 1. The fourth-order valence-corrected chi connectivity index (χ4v) is 2.29. The number of alkyl halides is 3. The summed E-state index contributed by atoms with van der Waals surface area (Å²) < 4.78 is 40.7. The largest absolute Gasteiger partial charge is 0.411 e. The lowest BCUT2D eigenvalue weighted by Crippen LogP contribution is -2.31. The number of rotatable bonds is 7. The molecular weight excluding hydrogens is 317 g/mol. The van der Waals surface area contributed by atoms with Gasteiger partial charge in [0.1, 0.15) is 12.7 Å². The summed E-state index contributed by atoms with van der Waals surface area (Å²) in [6.45, 7) is -0.216. The van der Waals surface area contributed by atoms with E-state index < -0.39 is 24.8 Å². The van der Waals surface area contributed by atoms with Crippen LogP contribution in [-0.2, 0) is 9.53 Å². The fourth-order valence-electron chi connectivity index (χ4n) is 1.43.